The second-order valence-corrected chi connectivity index (χ2v) is 15.1. The van der Waals surface area contributed by atoms with Crippen LogP contribution in [0.25, 0.3) is 53.9 Å². The van der Waals surface area contributed by atoms with E-state index in [0.29, 0.717) is 0 Å². The van der Waals surface area contributed by atoms with E-state index < -0.39 is 0 Å². The van der Waals surface area contributed by atoms with Crippen molar-refractivity contribution >= 4 is 85.7 Å². The van der Waals surface area contributed by atoms with Crippen molar-refractivity contribution < 1.29 is 9.47 Å². The van der Waals surface area contributed by atoms with Gasteiger partial charge in [0.15, 0.2) is 0 Å². The van der Waals surface area contributed by atoms with E-state index >= 15 is 0 Å². The van der Waals surface area contributed by atoms with Crippen LogP contribution in [-0.4, -0.2) is 13.2 Å². The molecule has 0 radical (unpaired) electrons. The molecule has 6 aromatic rings. The fourth-order valence-corrected chi connectivity index (χ4v) is 7.72. The Bertz CT molecular complexity index is 1910. The molecule has 0 spiro atoms. The van der Waals surface area contributed by atoms with Crippen LogP contribution in [-0.2, 0) is 0 Å². The number of benzene rings is 6. The van der Waals surface area contributed by atoms with Crippen LogP contribution < -0.4 is 9.47 Å². The van der Waals surface area contributed by atoms with Crippen molar-refractivity contribution in [3.05, 3.63) is 69.6 Å². The molecule has 0 atom stereocenters. The molecular weight excluding hydrogens is 672 g/mol. The van der Waals surface area contributed by atoms with E-state index in [-0.39, 0.29) is 0 Å². The lowest BCUT2D eigenvalue weighted by atomic mass is 9.86. The van der Waals surface area contributed by atoms with E-state index in [9.17, 15) is 0 Å². The minimum atomic E-state index is 0.736. The quantitative estimate of drug-likeness (QED) is 0.0635. The van der Waals surface area contributed by atoms with Gasteiger partial charge < -0.3 is 9.47 Å². The second-order valence-electron chi connectivity index (χ2n) is 13.3. The molecule has 230 valence electrons. The maximum absolute atomic E-state index is 6.60. The first-order valence-electron chi connectivity index (χ1n) is 16.5. The van der Waals surface area contributed by atoms with Crippen LogP contribution >= 0.6 is 31.9 Å². The van der Waals surface area contributed by atoms with Crippen molar-refractivity contribution in [2.24, 2.45) is 11.8 Å². The summed E-state index contributed by atoms with van der Waals surface area (Å²) in [7, 11) is 0. The molecule has 0 aromatic heterocycles. The highest BCUT2D eigenvalue weighted by atomic mass is 79.9. The normalized spacial score (nSPS) is 12.3. The zero-order valence-corrected chi connectivity index (χ0v) is 29.7. The minimum Gasteiger partial charge on any atom is -0.493 e. The summed E-state index contributed by atoms with van der Waals surface area (Å²) in [5.74, 6) is 3.46. The monoisotopic (exact) mass is 714 g/mol. The molecule has 0 saturated heterocycles. The summed E-state index contributed by atoms with van der Waals surface area (Å²) in [6.45, 7) is 10.7. The Labute approximate surface area is 279 Å². The summed E-state index contributed by atoms with van der Waals surface area (Å²) in [4.78, 5) is 0. The van der Waals surface area contributed by atoms with Crippen LogP contribution in [0.1, 0.15) is 79.1 Å². The minimum absolute atomic E-state index is 0.736. The van der Waals surface area contributed by atoms with Crippen LogP contribution in [0.15, 0.2) is 69.6 Å². The summed E-state index contributed by atoms with van der Waals surface area (Å²) in [6.07, 6.45) is 9.66. The molecule has 44 heavy (non-hydrogen) atoms. The van der Waals surface area contributed by atoms with Gasteiger partial charge in [-0.3, -0.25) is 0 Å². The van der Waals surface area contributed by atoms with Gasteiger partial charge in [0.05, 0.1) is 13.2 Å². The largest absolute Gasteiger partial charge is 0.493 e. The molecule has 0 bridgehead atoms. The first-order valence-corrected chi connectivity index (χ1v) is 18.1. The Balaban J connectivity index is 1.49. The molecule has 6 rings (SSSR count). The summed E-state index contributed by atoms with van der Waals surface area (Å²) >= 11 is 7.78. The van der Waals surface area contributed by atoms with E-state index in [4.69, 9.17) is 9.47 Å². The van der Waals surface area contributed by atoms with Crippen molar-refractivity contribution in [2.75, 3.05) is 13.2 Å². The third-order valence-corrected chi connectivity index (χ3v) is 10.2. The standard InChI is InChI=1S/C40H44Br2O2/c1-25(2)12-7-5-9-20-43-35-19-18-30-29-17-16-28(41)23-31(29)39-37-27(22-32-34(42)24-33(35)38(30)40(32)39)14-11-15-36(37)44-21-10-6-8-13-26(3)4/h11,14-19,22-26H,5-10,12-13,20-21H2,1-4H3. The van der Waals surface area contributed by atoms with Gasteiger partial charge in [-0.05, 0) is 88.0 Å². The summed E-state index contributed by atoms with van der Waals surface area (Å²) in [5, 5.41) is 12.4. The van der Waals surface area contributed by atoms with Crippen molar-refractivity contribution in [3.63, 3.8) is 0 Å². The summed E-state index contributed by atoms with van der Waals surface area (Å²) in [5.41, 5.74) is 0. The van der Waals surface area contributed by atoms with E-state index in [1.807, 2.05) is 0 Å². The molecule has 0 N–H and O–H groups in total. The number of halogens is 2. The summed E-state index contributed by atoms with van der Waals surface area (Å²) in [6, 6.07) is 22.3. The Hall–Kier alpha value is -2.56. The number of rotatable bonds is 14. The first-order chi connectivity index (χ1) is 21.3. The topological polar surface area (TPSA) is 18.5 Å². The Morgan fingerprint density at radius 3 is 1.89 bits per heavy atom. The van der Waals surface area contributed by atoms with Crippen LogP contribution in [0, 0.1) is 11.8 Å². The SMILES string of the molecule is CC(C)CCCCCOc1ccc2c3ccc(Br)cc3c3c4c(OCCCCCC(C)C)cccc4cc4c(Br)cc1c2c43. The van der Waals surface area contributed by atoms with Gasteiger partial charge in [-0.2, -0.15) is 0 Å². The lowest BCUT2D eigenvalue weighted by Gasteiger charge is -2.21. The fourth-order valence-electron chi connectivity index (χ4n) is 6.81. The molecule has 0 saturated carbocycles. The molecule has 0 unspecified atom stereocenters. The van der Waals surface area contributed by atoms with Crippen molar-refractivity contribution in [2.45, 2.75) is 79.1 Å². The summed E-state index contributed by atoms with van der Waals surface area (Å²) < 4.78 is 15.3. The third-order valence-electron chi connectivity index (χ3n) is 9.02. The maximum atomic E-state index is 6.60. The van der Waals surface area contributed by atoms with Crippen LogP contribution in [0.3, 0.4) is 0 Å². The highest BCUT2D eigenvalue weighted by Crippen LogP contribution is 2.50. The van der Waals surface area contributed by atoms with E-state index in [1.165, 1.54) is 92.4 Å². The predicted octanol–water partition coefficient (Wildman–Crippen LogP) is 13.6. The molecular formula is C40H44Br2O2. The van der Waals surface area contributed by atoms with Gasteiger partial charge in [-0.1, -0.05) is 122 Å². The van der Waals surface area contributed by atoms with E-state index in [2.05, 4.69) is 120 Å². The molecule has 0 amide bonds. The zero-order valence-electron chi connectivity index (χ0n) is 26.6. The van der Waals surface area contributed by atoms with Crippen molar-refractivity contribution in [1.82, 2.24) is 0 Å². The molecule has 2 nitrogen and oxygen atoms in total. The van der Waals surface area contributed by atoms with Crippen LogP contribution in [0.5, 0.6) is 11.5 Å². The lowest BCUT2D eigenvalue weighted by molar-refractivity contribution is 0.306. The molecule has 0 aliphatic heterocycles. The third kappa shape index (κ3) is 6.40. The van der Waals surface area contributed by atoms with Gasteiger partial charge in [0.2, 0.25) is 0 Å². The molecule has 0 fully saturated rings. The molecule has 0 aliphatic carbocycles. The fraction of sp³-hybridized carbons (Fsp3) is 0.400. The number of hydrogen-bond acceptors (Lipinski definition) is 2. The Morgan fingerprint density at radius 1 is 0.523 bits per heavy atom. The maximum Gasteiger partial charge on any atom is 0.127 e. The average molecular weight is 717 g/mol. The van der Waals surface area contributed by atoms with E-state index in [1.54, 1.807) is 0 Å². The van der Waals surface area contributed by atoms with Crippen molar-refractivity contribution in [1.29, 1.82) is 0 Å². The van der Waals surface area contributed by atoms with Gasteiger partial charge in [0.25, 0.3) is 0 Å². The first kappa shape index (κ1) is 31.4. The number of fused-ring (bicyclic) bond motifs is 5. The van der Waals surface area contributed by atoms with Gasteiger partial charge in [-0.15, -0.1) is 0 Å². The lowest BCUT2D eigenvalue weighted by Crippen LogP contribution is -2.00. The van der Waals surface area contributed by atoms with Crippen molar-refractivity contribution in [3.8, 4) is 11.5 Å². The molecule has 0 aliphatic rings. The van der Waals surface area contributed by atoms with Gasteiger partial charge in [0.1, 0.15) is 11.5 Å². The molecule has 0 heterocycles. The predicted molar refractivity (Wildman–Crippen MR) is 198 cm³/mol. The van der Waals surface area contributed by atoms with Gasteiger partial charge >= 0.3 is 0 Å². The number of ether oxygens (including phenoxy) is 2. The van der Waals surface area contributed by atoms with Gasteiger partial charge in [-0.25, -0.2) is 0 Å². The second kappa shape index (κ2) is 13.8. The zero-order chi connectivity index (χ0) is 30.8. The van der Waals surface area contributed by atoms with Crippen LogP contribution in [0.2, 0.25) is 0 Å². The highest BCUT2D eigenvalue weighted by Gasteiger charge is 2.21. The van der Waals surface area contributed by atoms with Gasteiger partial charge in [0, 0.05) is 35.9 Å². The smallest absolute Gasteiger partial charge is 0.127 e. The average Bonchev–Trinajstić information content (AvgIpc) is 2.99. The Kier molecular flexibility index (Phi) is 9.88. The molecule has 6 aromatic carbocycles. The Morgan fingerprint density at radius 2 is 1.18 bits per heavy atom. The van der Waals surface area contributed by atoms with Crippen LogP contribution in [0.4, 0.5) is 0 Å². The van der Waals surface area contributed by atoms with E-state index in [0.717, 1.165) is 58.3 Å². The number of unbranched alkanes of at least 4 members (excludes halogenated alkanes) is 4. The molecule has 4 heteroatoms. The highest BCUT2D eigenvalue weighted by molar-refractivity contribution is 9.11. The number of hydrogen-bond donors (Lipinski definition) is 0.